The van der Waals surface area contributed by atoms with E-state index in [0.717, 1.165) is 28.1 Å². The van der Waals surface area contributed by atoms with E-state index in [1.54, 1.807) is 40.2 Å². The van der Waals surface area contributed by atoms with E-state index in [0.29, 0.717) is 24.6 Å². The Hall–Kier alpha value is -2.59. The predicted molar refractivity (Wildman–Crippen MR) is 155 cm³/mol. The van der Waals surface area contributed by atoms with Gasteiger partial charge in [0.1, 0.15) is 23.0 Å². The van der Waals surface area contributed by atoms with Crippen molar-refractivity contribution in [1.82, 2.24) is 4.90 Å². The summed E-state index contributed by atoms with van der Waals surface area (Å²) in [6, 6.07) is 22.0. The Bertz CT molecular complexity index is 1000. The van der Waals surface area contributed by atoms with Gasteiger partial charge >= 0.3 is 0 Å². The van der Waals surface area contributed by atoms with Gasteiger partial charge in [0.15, 0.2) is 5.17 Å². The standard InChI is InChI=1S/C27H32N2O4S.HI/c1-6-34-27(28-22-15-25(32-4)17-26(16-22)33-5)29(18-20-7-11-23(30-2)12-8-20)19-21-9-13-24(31-3)14-10-21;/h7-17H,6,18-19H2,1-5H3;1H. The second-order valence-corrected chi connectivity index (χ2v) is 8.68. The van der Waals surface area contributed by atoms with Gasteiger partial charge in [-0.05, 0) is 41.1 Å². The second kappa shape index (κ2) is 14.7. The molecule has 0 amide bonds. The molecule has 0 saturated heterocycles. The van der Waals surface area contributed by atoms with E-state index in [1.165, 1.54) is 11.1 Å². The highest BCUT2D eigenvalue weighted by molar-refractivity contribution is 14.0. The molecule has 6 nitrogen and oxygen atoms in total. The van der Waals surface area contributed by atoms with Crippen molar-refractivity contribution < 1.29 is 18.9 Å². The number of rotatable bonds is 10. The average Bonchev–Trinajstić information content (AvgIpc) is 2.88. The Kier molecular flexibility index (Phi) is 12.1. The van der Waals surface area contributed by atoms with Crippen LogP contribution in [0.5, 0.6) is 23.0 Å². The van der Waals surface area contributed by atoms with Gasteiger partial charge in [0.2, 0.25) is 0 Å². The maximum Gasteiger partial charge on any atom is 0.164 e. The summed E-state index contributed by atoms with van der Waals surface area (Å²) in [5, 5.41) is 0.921. The van der Waals surface area contributed by atoms with Crippen LogP contribution in [0.25, 0.3) is 0 Å². The molecule has 0 aromatic heterocycles. The quantitative estimate of drug-likeness (QED) is 0.144. The molecule has 0 aliphatic heterocycles. The second-order valence-electron chi connectivity index (χ2n) is 7.45. The molecule has 0 heterocycles. The SMILES string of the molecule is CCSC(=Nc1cc(OC)cc(OC)c1)N(Cc1ccc(OC)cc1)Cc1ccc(OC)cc1.I. The lowest BCUT2D eigenvalue weighted by atomic mass is 10.1. The lowest BCUT2D eigenvalue weighted by Gasteiger charge is -2.26. The number of methoxy groups -OCH3 is 4. The molecule has 8 heteroatoms. The van der Waals surface area contributed by atoms with Gasteiger partial charge in [0.25, 0.3) is 0 Å². The zero-order valence-corrected chi connectivity index (χ0v) is 24.0. The molecular weight excluding hydrogens is 575 g/mol. The fourth-order valence-corrected chi connectivity index (χ4v) is 4.12. The van der Waals surface area contributed by atoms with Gasteiger partial charge in [-0.2, -0.15) is 0 Å². The Morgan fingerprint density at radius 3 is 1.49 bits per heavy atom. The van der Waals surface area contributed by atoms with Gasteiger partial charge in [-0.25, -0.2) is 4.99 Å². The van der Waals surface area contributed by atoms with Crippen LogP contribution in [0.4, 0.5) is 5.69 Å². The molecule has 0 radical (unpaired) electrons. The van der Waals surface area contributed by atoms with Crippen LogP contribution in [-0.4, -0.2) is 44.3 Å². The van der Waals surface area contributed by atoms with E-state index in [-0.39, 0.29) is 24.0 Å². The van der Waals surface area contributed by atoms with Crippen molar-refractivity contribution in [3.63, 3.8) is 0 Å². The highest BCUT2D eigenvalue weighted by Gasteiger charge is 2.15. The van der Waals surface area contributed by atoms with Crippen molar-refractivity contribution in [3.8, 4) is 23.0 Å². The molecular formula is C27H33IN2O4S. The Labute approximate surface area is 229 Å². The Morgan fingerprint density at radius 1 is 0.686 bits per heavy atom. The molecule has 0 bridgehead atoms. The zero-order valence-electron chi connectivity index (χ0n) is 20.8. The lowest BCUT2D eigenvalue weighted by molar-refractivity contribution is 0.394. The van der Waals surface area contributed by atoms with Crippen LogP contribution in [0.1, 0.15) is 18.1 Å². The maximum absolute atomic E-state index is 5.44. The summed E-state index contributed by atoms with van der Waals surface area (Å²) in [7, 11) is 6.64. The van der Waals surface area contributed by atoms with Gasteiger partial charge in [0.05, 0.1) is 34.1 Å². The topological polar surface area (TPSA) is 52.5 Å². The van der Waals surface area contributed by atoms with Gasteiger partial charge in [-0.3, -0.25) is 0 Å². The Morgan fingerprint density at radius 2 is 1.11 bits per heavy atom. The minimum Gasteiger partial charge on any atom is -0.497 e. The number of hydrogen-bond acceptors (Lipinski definition) is 6. The zero-order chi connectivity index (χ0) is 24.3. The molecule has 3 aromatic rings. The van der Waals surface area contributed by atoms with Crippen LogP contribution in [0.3, 0.4) is 0 Å². The third-order valence-corrected chi connectivity index (χ3v) is 6.07. The van der Waals surface area contributed by atoms with Crippen molar-refractivity contribution in [2.45, 2.75) is 20.0 Å². The van der Waals surface area contributed by atoms with E-state index < -0.39 is 0 Å². The van der Waals surface area contributed by atoms with Crippen LogP contribution >= 0.6 is 35.7 Å². The van der Waals surface area contributed by atoms with Crippen molar-refractivity contribution in [1.29, 1.82) is 0 Å². The first-order valence-corrected chi connectivity index (χ1v) is 12.0. The van der Waals surface area contributed by atoms with Crippen LogP contribution < -0.4 is 18.9 Å². The first-order chi connectivity index (χ1) is 16.6. The molecule has 35 heavy (non-hydrogen) atoms. The third kappa shape index (κ3) is 8.54. The summed E-state index contributed by atoms with van der Waals surface area (Å²) in [5.41, 5.74) is 3.12. The number of amidine groups is 1. The number of thioether (sulfide) groups is 1. The molecule has 0 unspecified atom stereocenters. The van der Waals surface area contributed by atoms with E-state index in [1.807, 2.05) is 42.5 Å². The number of hydrogen-bond donors (Lipinski definition) is 0. The summed E-state index contributed by atoms with van der Waals surface area (Å²) in [4.78, 5) is 7.30. The number of benzene rings is 3. The third-order valence-electron chi connectivity index (χ3n) is 5.17. The van der Waals surface area contributed by atoms with Crippen molar-refractivity contribution in [3.05, 3.63) is 77.9 Å². The van der Waals surface area contributed by atoms with E-state index in [2.05, 4.69) is 36.1 Å². The van der Waals surface area contributed by atoms with Crippen molar-refractivity contribution in [2.24, 2.45) is 4.99 Å². The smallest absolute Gasteiger partial charge is 0.164 e. The summed E-state index contributed by atoms with van der Waals surface area (Å²) < 4.78 is 21.5. The normalized spacial score (nSPS) is 10.8. The fraction of sp³-hybridized carbons (Fsp3) is 0.296. The molecule has 0 atom stereocenters. The minimum absolute atomic E-state index is 0. The van der Waals surface area contributed by atoms with Crippen molar-refractivity contribution >= 4 is 46.6 Å². The Balaban J connectivity index is 0.00000432. The van der Waals surface area contributed by atoms with Gasteiger partial charge in [0, 0.05) is 31.3 Å². The van der Waals surface area contributed by atoms with Crippen LogP contribution in [-0.2, 0) is 13.1 Å². The van der Waals surface area contributed by atoms with E-state index in [4.69, 9.17) is 23.9 Å². The van der Waals surface area contributed by atoms with Crippen LogP contribution in [0.2, 0.25) is 0 Å². The minimum atomic E-state index is 0. The molecule has 0 aliphatic carbocycles. The lowest BCUT2D eigenvalue weighted by Crippen LogP contribution is -2.28. The number of ether oxygens (including phenoxy) is 4. The summed E-state index contributed by atoms with van der Waals surface area (Å²) in [6.07, 6.45) is 0. The molecule has 3 rings (SSSR count). The molecule has 188 valence electrons. The van der Waals surface area contributed by atoms with Gasteiger partial charge in [-0.15, -0.1) is 24.0 Å². The average molecular weight is 609 g/mol. The largest absolute Gasteiger partial charge is 0.497 e. The summed E-state index contributed by atoms with van der Waals surface area (Å²) in [6.45, 7) is 3.53. The number of aliphatic imine (C=N–C) groups is 1. The van der Waals surface area contributed by atoms with Crippen LogP contribution in [0, 0.1) is 0 Å². The maximum atomic E-state index is 5.44. The molecule has 0 N–H and O–H groups in total. The van der Waals surface area contributed by atoms with Crippen LogP contribution in [0.15, 0.2) is 71.7 Å². The van der Waals surface area contributed by atoms with E-state index in [9.17, 15) is 0 Å². The molecule has 0 spiro atoms. The fourth-order valence-electron chi connectivity index (χ4n) is 3.38. The number of nitrogens with zero attached hydrogens (tertiary/aromatic N) is 2. The molecule has 0 saturated carbocycles. The predicted octanol–water partition coefficient (Wildman–Crippen LogP) is 6.78. The summed E-state index contributed by atoms with van der Waals surface area (Å²) in [5.74, 6) is 3.98. The summed E-state index contributed by atoms with van der Waals surface area (Å²) >= 11 is 1.70. The molecule has 3 aromatic carbocycles. The highest BCUT2D eigenvalue weighted by atomic mass is 127. The first-order valence-electron chi connectivity index (χ1n) is 11.0. The van der Waals surface area contributed by atoms with Crippen molar-refractivity contribution in [2.75, 3.05) is 34.2 Å². The van der Waals surface area contributed by atoms with E-state index >= 15 is 0 Å². The highest BCUT2D eigenvalue weighted by Crippen LogP contribution is 2.30. The monoisotopic (exact) mass is 608 g/mol. The van der Waals surface area contributed by atoms with Gasteiger partial charge in [-0.1, -0.05) is 43.0 Å². The number of halogens is 1. The molecule has 0 aliphatic rings. The van der Waals surface area contributed by atoms with Gasteiger partial charge < -0.3 is 23.8 Å². The first kappa shape index (κ1) is 28.6. The molecule has 0 fully saturated rings.